The van der Waals surface area contributed by atoms with Crippen molar-refractivity contribution < 1.29 is 24.2 Å². The van der Waals surface area contributed by atoms with E-state index in [1.807, 2.05) is 0 Å². The van der Waals surface area contributed by atoms with Crippen molar-refractivity contribution in [3.05, 3.63) is 0 Å². The van der Waals surface area contributed by atoms with Crippen LogP contribution in [0.2, 0.25) is 0 Å². The number of hydrogen-bond donors (Lipinski definition) is 1. The Labute approximate surface area is 236 Å². The molecular formula is C34H54O5. The second kappa shape index (κ2) is 8.71. The molecule has 0 unspecified atom stereocenters. The summed E-state index contributed by atoms with van der Waals surface area (Å²) in [5.74, 6) is 1.40. The van der Waals surface area contributed by atoms with Gasteiger partial charge >= 0.3 is 11.9 Å². The van der Waals surface area contributed by atoms with Crippen molar-refractivity contribution in [3.8, 4) is 0 Å². The summed E-state index contributed by atoms with van der Waals surface area (Å²) in [6.07, 6.45) is 12.6. The summed E-state index contributed by atoms with van der Waals surface area (Å²) in [5.41, 5.74) is 1.52. The van der Waals surface area contributed by atoms with Crippen LogP contribution in [0.1, 0.15) is 126 Å². The molecule has 1 saturated heterocycles. The fourth-order valence-electron chi connectivity index (χ4n) is 12.6. The van der Waals surface area contributed by atoms with E-state index in [0.717, 1.165) is 31.3 Å². The van der Waals surface area contributed by atoms with Crippen LogP contribution in [0.3, 0.4) is 0 Å². The lowest BCUT2D eigenvalue weighted by molar-refractivity contribution is -0.254. The minimum Gasteiger partial charge on any atom is -0.481 e. The van der Waals surface area contributed by atoms with Crippen molar-refractivity contribution in [2.45, 2.75) is 138 Å². The maximum atomic E-state index is 12.5. The number of ether oxygens (including phenoxy) is 2. The molecule has 5 saturated carbocycles. The van der Waals surface area contributed by atoms with E-state index in [1.54, 1.807) is 0 Å². The van der Waals surface area contributed by atoms with Crippen LogP contribution in [-0.2, 0) is 19.1 Å². The van der Waals surface area contributed by atoms with Crippen molar-refractivity contribution >= 4 is 11.9 Å². The largest absolute Gasteiger partial charge is 0.481 e. The lowest BCUT2D eigenvalue weighted by Gasteiger charge is -2.73. The zero-order chi connectivity index (χ0) is 28.2. The fraction of sp³-hybridized carbons (Fsp3) is 0.941. The van der Waals surface area contributed by atoms with Gasteiger partial charge in [-0.2, -0.15) is 0 Å². The van der Waals surface area contributed by atoms with Crippen LogP contribution in [0.4, 0.5) is 0 Å². The number of esters is 1. The van der Waals surface area contributed by atoms with Gasteiger partial charge in [0, 0.05) is 5.41 Å². The van der Waals surface area contributed by atoms with Gasteiger partial charge in [0.1, 0.15) is 6.10 Å². The maximum absolute atomic E-state index is 12.5. The molecule has 6 fully saturated rings. The first-order valence-corrected chi connectivity index (χ1v) is 16.1. The molecule has 220 valence electrons. The van der Waals surface area contributed by atoms with Gasteiger partial charge in [0.2, 0.25) is 0 Å². The SMILES string of the molecule is CC1(C)CC[C@]23CC[C@]4(C)[C@H](CC[C@@H]5[C@@]6(C)CC[C@@H](OC(=O)CCC(=O)O)C(C)(C)[C@H]6CC[C@]54C)[C@@H]2[C@H]1OC3. The highest BCUT2D eigenvalue weighted by Crippen LogP contribution is 2.78. The molecule has 39 heavy (non-hydrogen) atoms. The lowest BCUT2D eigenvalue weighted by atomic mass is 9.31. The van der Waals surface area contributed by atoms with Crippen LogP contribution in [0.15, 0.2) is 0 Å². The number of rotatable bonds is 4. The average molecular weight is 543 g/mol. The summed E-state index contributed by atoms with van der Waals surface area (Å²) >= 11 is 0. The van der Waals surface area contributed by atoms with Gasteiger partial charge in [-0.05, 0) is 115 Å². The Bertz CT molecular complexity index is 1030. The minimum absolute atomic E-state index is 0.0333. The molecule has 0 spiro atoms. The molecule has 0 aromatic carbocycles. The standard InChI is InChI=1S/C34H54O5/c1-29(2)16-18-34-19-17-32(6)21(27(34)28(29)38-20-34)8-9-23-31(5)14-13-24(39-26(37)11-10-25(35)36)30(3,4)22(31)12-15-33(23,32)7/h21-24,27-28H,8-20H2,1-7H3,(H,35,36)/t21-,22-,23-,24-,27-,28-,31+,32-,33-,34-/m1/s1. The zero-order valence-electron chi connectivity index (χ0n) is 25.7. The van der Waals surface area contributed by atoms with Gasteiger partial charge in [-0.15, -0.1) is 0 Å². The fourth-order valence-corrected chi connectivity index (χ4v) is 12.6. The first-order chi connectivity index (χ1) is 18.1. The number of carbonyl (C=O) groups excluding carboxylic acids is 1. The molecule has 0 amide bonds. The van der Waals surface area contributed by atoms with Gasteiger partial charge in [0.05, 0.1) is 25.6 Å². The molecule has 1 aliphatic heterocycles. The minimum atomic E-state index is -0.942. The van der Waals surface area contributed by atoms with Gasteiger partial charge in [-0.1, -0.05) is 48.5 Å². The summed E-state index contributed by atoms with van der Waals surface area (Å²) in [4.78, 5) is 23.5. The van der Waals surface area contributed by atoms with E-state index in [0.29, 0.717) is 34.2 Å². The maximum Gasteiger partial charge on any atom is 0.306 e. The van der Waals surface area contributed by atoms with Crippen LogP contribution in [0.5, 0.6) is 0 Å². The van der Waals surface area contributed by atoms with Crippen LogP contribution in [-0.4, -0.2) is 35.9 Å². The molecule has 6 aliphatic rings. The Morgan fingerprint density at radius 2 is 1.51 bits per heavy atom. The smallest absolute Gasteiger partial charge is 0.306 e. The van der Waals surface area contributed by atoms with Crippen molar-refractivity contribution in [3.63, 3.8) is 0 Å². The van der Waals surface area contributed by atoms with Crippen molar-refractivity contribution in [1.82, 2.24) is 0 Å². The third kappa shape index (κ3) is 3.72. The van der Waals surface area contributed by atoms with Crippen molar-refractivity contribution in [2.75, 3.05) is 6.61 Å². The zero-order valence-corrected chi connectivity index (χ0v) is 25.7. The Hall–Kier alpha value is -1.10. The van der Waals surface area contributed by atoms with Crippen molar-refractivity contribution in [1.29, 1.82) is 0 Å². The van der Waals surface area contributed by atoms with Gasteiger partial charge in [0.15, 0.2) is 0 Å². The van der Waals surface area contributed by atoms with E-state index in [-0.39, 0.29) is 41.2 Å². The third-order valence-electron chi connectivity index (χ3n) is 14.9. The molecule has 5 nitrogen and oxygen atoms in total. The number of carboxylic acid groups (broad SMARTS) is 1. The average Bonchev–Trinajstić information content (AvgIpc) is 3.19. The molecule has 0 radical (unpaired) electrons. The number of carbonyl (C=O) groups is 2. The van der Waals surface area contributed by atoms with E-state index in [2.05, 4.69) is 48.5 Å². The van der Waals surface area contributed by atoms with Crippen molar-refractivity contribution in [2.24, 2.45) is 56.2 Å². The summed E-state index contributed by atoms with van der Waals surface area (Å²) in [5, 5.41) is 9.00. The van der Waals surface area contributed by atoms with Gasteiger partial charge < -0.3 is 14.6 Å². The first-order valence-electron chi connectivity index (χ1n) is 16.1. The highest BCUT2D eigenvalue weighted by atomic mass is 16.5. The summed E-state index contributed by atoms with van der Waals surface area (Å²) < 4.78 is 12.7. The predicted octanol–water partition coefficient (Wildman–Crippen LogP) is 7.65. The van der Waals surface area contributed by atoms with Gasteiger partial charge in [-0.3, -0.25) is 9.59 Å². The molecule has 5 aliphatic carbocycles. The summed E-state index contributed by atoms with van der Waals surface area (Å²) in [7, 11) is 0. The van der Waals surface area contributed by atoms with E-state index < -0.39 is 5.97 Å². The molecular weight excluding hydrogens is 488 g/mol. The van der Waals surface area contributed by atoms with E-state index >= 15 is 0 Å². The second-order valence-electron chi connectivity index (χ2n) is 17.0. The predicted molar refractivity (Wildman–Crippen MR) is 151 cm³/mol. The van der Waals surface area contributed by atoms with Gasteiger partial charge in [0.25, 0.3) is 0 Å². The van der Waals surface area contributed by atoms with E-state index in [4.69, 9.17) is 14.6 Å². The monoisotopic (exact) mass is 542 g/mol. The molecule has 0 aromatic rings. The van der Waals surface area contributed by atoms with Crippen LogP contribution >= 0.6 is 0 Å². The third-order valence-corrected chi connectivity index (χ3v) is 14.9. The summed E-state index contributed by atoms with van der Waals surface area (Å²) in [6, 6.07) is 0. The first kappa shape index (κ1) is 28.0. The number of fused-ring (bicyclic) bond motifs is 5. The molecule has 5 heteroatoms. The Morgan fingerprint density at radius 1 is 0.795 bits per heavy atom. The normalized spacial score (nSPS) is 51.1. The highest BCUT2D eigenvalue weighted by Gasteiger charge is 2.72. The lowest BCUT2D eigenvalue weighted by Crippen LogP contribution is -2.67. The molecule has 1 heterocycles. The van der Waals surface area contributed by atoms with Crippen LogP contribution in [0.25, 0.3) is 0 Å². The molecule has 6 rings (SSSR count). The Kier molecular flexibility index (Phi) is 6.26. The number of aliphatic carboxylic acids is 1. The van der Waals surface area contributed by atoms with Gasteiger partial charge in [-0.25, -0.2) is 0 Å². The quantitative estimate of drug-likeness (QED) is 0.369. The van der Waals surface area contributed by atoms with E-state index in [1.165, 1.54) is 51.4 Å². The highest BCUT2D eigenvalue weighted by molar-refractivity contribution is 5.76. The Morgan fingerprint density at radius 3 is 2.23 bits per heavy atom. The Balaban J connectivity index is 1.27. The summed E-state index contributed by atoms with van der Waals surface area (Å²) in [6.45, 7) is 18.6. The second-order valence-corrected chi connectivity index (χ2v) is 17.0. The van der Waals surface area contributed by atoms with Crippen LogP contribution < -0.4 is 0 Å². The molecule has 10 atom stereocenters. The topological polar surface area (TPSA) is 72.8 Å². The molecule has 0 aromatic heterocycles. The number of hydrogen-bond acceptors (Lipinski definition) is 4. The van der Waals surface area contributed by atoms with E-state index in [9.17, 15) is 9.59 Å². The van der Waals surface area contributed by atoms with Crippen LogP contribution in [0, 0.1) is 56.2 Å². The molecule has 2 bridgehead atoms. The number of carboxylic acids is 1. The molecule has 1 N–H and O–H groups in total.